The number of benzene rings is 2. The van der Waals surface area contributed by atoms with Crippen molar-refractivity contribution in [2.24, 2.45) is 5.10 Å². The van der Waals surface area contributed by atoms with Crippen LogP contribution in [0.1, 0.15) is 11.1 Å². The first-order valence-electron chi connectivity index (χ1n) is 7.07. The topological polar surface area (TPSA) is 100 Å². The highest BCUT2D eigenvalue weighted by molar-refractivity contribution is 6.39. The monoisotopic (exact) mass is 327 g/mol. The molecule has 0 aromatic heterocycles. The minimum atomic E-state index is -0.909. The largest absolute Gasteiger partial charge is 0.508 e. The molecular formula is C17H17N3O4. The van der Waals surface area contributed by atoms with Crippen molar-refractivity contribution in [3.05, 3.63) is 53.6 Å². The van der Waals surface area contributed by atoms with Gasteiger partial charge in [0.05, 0.1) is 19.0 Å². The van der Waals surface area contributed by atoms with E-state index in [9.17, 15) is 9.59 Å². The number of hydrogen-bond donors (Lipinski definition) is 3. The Balaban J connectivity index is 1.96. The molecule has 0 atom stereocenters. The van der Waals surface area contributed by atoms with Gasteiger partial charge in [-0.15, -0.1) is 0 Å². The van der Waals surface area contributed by atoms with Crippen LogP contribution in [0.3, 0.4) is 0 Å². The third-order valence-corrected chi connectivity index (χ3v) is 3.08. The summed E-state index contributed by atoms with van der Waals surface area (Å²) < 4.78 is 5.13. The number of anilines is 1. The molecule has 2 aromatic carbocycles. The molecule has 24 heavy (non-hydrogen) atoms. The zero-order valence-corrected chi connectivity index (χ0v) is 13.2. The van der Waals surface area contributed by atoms with Crippen LogP contribution in [0, 0.1) is 6.92 Å². The first kappa shape index (κ1) is 17.0. The molecule has 0 aliphatic carbocycles. The maximum atomic E-state index is 11.9. The van der Waals surface area contributed by atoms with Crippen LogP contribution in [0.2, 0.25) is 0 Å². The summed E-state index contributed by atoms with van der Waals surface area (Å²) in [6.07, 6.45) is 1.36. The normalized spacial score (nSPS) is 10.4. The van der Waals surface area contributed by atoms with E-state index in [0.29, 0.717) is 17.0 Å². The van der Waals surface area contributed by atoms with Crippen molar-refractivity contribution in [2.75, 3.05) is 12.4 Å². The molecule has 0 spiro atoms. The lowest BCUT2D eigenvalue weighted by Gasteiger charge is -2.10. The molecule has 0 aliphatic heterocycles. The van der Waals surface area contributed by atoms with Gasteiger partial charge in [-0.1, -0.05) is 6.07 Å². The van der Waals surface area contributed by atoms with Gasteiger partial charge < -0.3 is 15.2 Å². The van der Waals surface area contributed by atoms with Crippen LogP contribution in [0.15, 0.2) is 47.6 Å². The van der Waals surface area contributed by atoms with Crippen LogP contribution in [-0.4, -0.2) is 30.2 Å². The van der Waals surface area contributed by atoms with E-state index in [-0.39, 0.29) is 5.75 Å². The van der Waals surface area contributed by atoms with E-state index in [1.54, 1.807) is 24.3 Å². The number of ether oxygens (including phenoxy) is 1. The van der Waals surface area contributed by atoms with Crippen LogP contribution in [0.25, 0.3) is 0 Å². The minimum absolute atomic E-state index is 0.127. The van der Waals surface area contributed by atoms with Crippen molar-refractivity contribution >= 4 is 23.7 Å². The molecule has 7 heteroatoms. The number of carbonyl (C=O) groups is 2. The number of phenolic OH excluding ortho intramolecular Hbond substituents is 1. The lowest BCUT2D eigenvalue weighted by molar-refractivity contribution is -0.136. The summed E-state index contributed by atoms with van der Waals surface area (Å²) in [5.74, 6) is -1.19. The van der Waals surface area contributed by atoms with Gasteiger partial charge in [-0.05, 0) is 54.4 Å². The zero-order chi connectivity index (χ0) is 17.5. The summed E-state index contributed by atoms with van der Waals surface area (Å²) in [6, 6.07) is 11.4. The first-order valence-corrected chi connectivity index (χ1v) is 7.07. The predicted molar refractivity (Wildman–Crippen MR) is 90.2 cm³/mol. The van der Waals surface area contributed by atoms with E-state index in [1.165, 1.54) is 25.5 Å². The van der Waals surface area contributed by atoms with Gasteiger partial charge in [0, 0.05) is 0 Å². The van der Waals surface area contributed by atoms with Crippen molar-refractivity contribution in [1.29, 1.82) is 0 Å². The quantitative estimate of drug-likeness (QED) is 0.453. The second-order valence-electron chi connectivity index (χ2n) is 4.95. The fourth-order valence-corrected chi connectivity index (χ4v) is 1.88. The molecule has 2 aromatic rings. The molecule has 0 fully saturated rings. The van der Waals surface area contributed by atoms with Gasteiger partial charge in [0.15, 0.2) is 0 Å². The fourth-order valence-electron chi connectivity index (χ4n) is 1.88. The summed E-state index contributed by atoms with van der Waals surface area (Å²) in [5.41, 5.74) is 4.11. The van der Waals surface area contributed by atoms with E-state index < -0.39 is 11.8 Å². The molecule has 124 valence electrons. The van der Waals surface area contributed by atoms with Gasteiger partial charge >= 0.3 is 11.8 Å². The standard InChI is InChI=1S/C17H17N3O4/c1-11-3-8-15(24-2)14(9-11)19-16(22)17(23)20-18-10-12-4-6-13(21)7-5-12/h3-10,21H,1-2H3,(H,19,22)(H,20,23)/b18-10-. The number of phenols is 1. The summed E-state index contributed by atoms with van der Waals surface area (Å²) in [6.45, 7) is 1.86. The average Bonchev–Trinajstić information content (AvgIpc) is 2.56. The third-order valence-electron chi connectivity index (χ3n) is 3.08. The minimum Gasteiger partial charge on any atom is -0.508 e. The Labute approximate surface area is 139 Å². The van der Waals surface area contributed by atoms with Crippen molar-refractivity contribution in [2.45, 2.75) is 6.92 Å². The maximum absolute atomic E-state index is 11.9. The molecule has 3 N–H and O–H groups in total. The highest BCUT2D eigenvalue weighted by atomic mass is 16.5. The van der Waals surface area contributed by atoms with Crippen LogP contribution >= 0.6 is 0 Å². The van der Waals surface area contributed by atoms with Crippen molar-refractivity contribution in [3.63, 3.8) is 0 Å². The van der Waals surface area contributed by atoms with E-state index >= 15 is 0 Å². The number of hydrazone groups is 1. The number of amides is 2. The first-order chi connectivity index (χ1) is 11.5. The third kappa shape index (κ3) is 4.57. The van der Waals surface area contributed by atoms with Crippen LogP contribution in [0.4, 0.5) is 5.69 Å². The van der Waals surface area contributed by atoms with Gasteiger partial charge in [0.1, 0.15) is 11.5 Å². The summed E-state index contributed by atoms with van der Waals surface area (Å²) in [7, 11) is 1.47. The van der Waals surface area contributed by atoms with E-state index in [2.05, 4.69) is 15.8 Å². The molecule has 0 saturated carbocycles. The van der Waals surface area contributed by atoms with E-state index in [0.717, 1.165) is 5.56 Å². The Morgan fingerprint density at radius 2 is 1.83 bits per heavy atom. The number of aryl methyl sites for hydroxylation is 1. The molecule has 0 saturated heterocycles. The van der Waals surface area contributed by atoms with Crippen molar-refractivity contribution in [1.82, 2.24) is 5.43 Å². The van der Waals surface area contributed by atoms with Crippen LogP contribution in [-0.2, 0) is 9.59 Å². The van der Waals surface area contributed by atoms with Gasteiger partial charge in [-0.25, -0.2) is 5.43 Å². The Morgan fingerprint density at radius 3 is 2.50 bits per heavy atom. The molecule has 0 aliphatic rings. The van der Waals surface area contributed by atoms with E-state index in [1.807, 2.05) is 13.0 Å². The van der Waals surface area contributed by atoms with Gasteiger partial charge in [-0.3, -0.25) is 9.59 Å². The maximum Gasteiger partial charge on any atom is 0.329 e. The van der Waals surface area contributed by atoms with Gasteiger partial charge in [0.2, 0.25) is 0 Å². The molecule has 0 heterocycles. The Bertz CT molecular complexity index is 770. The Morgan fingerprint density at radius 1 is 1.12 bits per heavy atom. The smallest absolute Gasteiger partial charge is 0.329 e. The molecule has 7 nitrogen and oxygen atoms in total. The molecule has 0 unspecified atom stereocenters. The number of nitrogens with one attached hydrogen (secondary N) is 2. The lowest BCUT2D eigenvalue weighted by atomic mass is 10.2. The second kappa shape index (κ2) is 7.77. The number of rotatable bonds is 4. The average molecular weight is 327 g/mol. The molecule has 0 bridgehead atoms. The van der Waals surface area contributed by atoms with Crippen molar-refractivity contribution < 1.29 is 19.4 Å². The number of hydrogen-bond acceptors (Lipinski definition) is 5. The zero-order valence-electron chi connectivity index (χ0n) is 13.2. The summed E-state index contributed by atoms with van der Waals surface area (Å²) in [5, 5.41) is 15.3. The fraction of sp³-hybridized carbons (Fsp3) is 0.118. The van der Waals surface area contributed by atoms with Crippen LogP contribution in [0.5, 0.6) is 11.5 Å². The van der Waals surface area contributed by atoms with Crippen LogP contribution < -0.4 is 15.5 Å². The molecule has 2 rings (SSSR count). The predicted octanol–water partition coefficient (Wildman–Crippen LogP) is 1.80. The number of carbonyl (C=O) groups excluding carboxylic acids is 2. The Hall–Kier alpha value is -3.35. The highest BCUT2D eigenvalue weighted by Crippen LogP contribution is 2.24. The van der Waals surface area contributed by atoms with Gasteiger partial charge in [0.25, 0.3) is 0 Å². The summed E-state index contributed by atoms with van der Waals surface area (Å²) in [4.78, 5) is 23.7. The van der Waals surface area contributed by atoms with Gasteiger partial charge in [-0.2, -0.15) is 5.10 Å². The SMILES string of the molecule is COc1ccc(C)cc1NC(=O)C(=O)N/N=C\c1ccc(O)cc1. The second-order valence-corrected chi connectivity index (χ2v) is 4.95. The summed E-state index contributed by atoms with van der Waals surface area (Å²) >= 11 is 0. The van der Waals surface area contributed by atoms with E-state index in [4.69, 9.17) is 9.84 Å². The number of nitrogens with zero attached hydrogens (tertiary/aromatic N) is 1. The molecule has 2 amide bonds. The number of aromatic hydroxyl groups is 1. The lowest BCUT2D eigenvalue weighted by Crippen LogP contribution is -2.32. The highest BCUT2D eigenvalue weighted by Gasteiger charge is 2.15. The Kier molecular flexibility index (Phi) is 5.51. The molecule has 0 radical (unpaired) electrons. The molecular weight excluding hydrogens is 310 g/mol. The van der Waals surface area contributed by atoms with Crippen molar-refractivity contribution in [3.8, 4) is 11.5 Å². The number of methoxy groups -OCH3 is 1.